The van der Waals surface area contributed by atoms with Gasteiger partial charge in [-0.3, -0.25) is 0 Å². The van der Waals surface area contributed by atoms with E-state index in [-0.39, 0.29) is 23.0 Å². The Morgan fingerprint density at radius 1 is 1.23 bits per heavy atom. The lowest BCUT2D eigenvalue weighted by atomic mass is 9.44. The molecule has 0 bridgehead atoms. The molecule has 0 radical (unpaired) electrons. The lowest BCUT2D eigenvalue weighted by Gasteiger charge is -2.60. The molecule has 3 aliphatic rings. The second-order valence-corrected chi connectivity index (χ2v) is 10.8. The van der Waals surface area contributed by atoms with Crippen LogP contribution in [0.2, 0.25) is 0 Å². The quantitative estimate of drug-likeness (QED) is 0.396. The number of aromatic hydroxyl groups is 1. The van der Waals surface area contributed by atoms with Crippen LogP contribution in [0.3, 0.4) is 0 Å². The molecule has 0 unspecified atom stereocenters. The molecule has 1 aromatic rings. The van der Waals surface area contributed by atoms with Crippen molar-refractivity contribution in [3.63, 3.8) is 0 Å². The van der Waals surface area contributed by atoms with Gasteiger partial charge in [-0.15, -0.1) is 6.58 Å². The first kappa shape index (κ1) is 21.9. The second kappa shape index (κ2) is 8.31. The number of phenols is 1. The first-order valence-corrected chi connectivity index (χ1v) is 12.1. The van der Waals surface area contributed by atoms with E-state index in [1.165, 1.54) is 17.5 Å². The maximum absolute atomic E-state index is 11.0. The van der Waals surface area contributed by atoms with Crippen molar-refractivity contribution in [1.82, 2.24) is 0 Å². The Morgan fingerprint density at radius 3 is 2.77 bits per heavy atom. The minimum Gasteiger partial charge on any atom is -0.508 e. The van der Waals surface area contributed by atoms with Crippen molar-refractivity contribution < 1.29 is 15.3 Å². The predicted molar refractivity (Wildman–Crippen MR) is 122 cm³/mol. The molecule has 30 heavy (non-hydrogen) atoms. The number of allylic oxidation sites excluding steroid dienone is 1. The third-order valence-corrected chi connectivity index (χ3v) is 9.05. The average molecular weight is 413 g/mol. The molecule has 2 saturated carbocycles. The average Bonchev–Trinajstić information content (AvgIpc) is 3.01. The summed E-state index contributed by atoms with van der Waals surface area (Å²) >= 11 is 0. The number of hydrogen-bond acceptors (Lipinski definition) is 3. The topological polar surface area (TPSA) is 60.7 Å². The van der Waals surface area contributed by atoms with E-state index >= 15 is 0 Å². The van der Waals surface area contributed by atoms with Crippen LogP contribution in [0.5, 0.6) is 5.75 Å². The Kier molecular flexibility index (Phi) is 6.07. The summed E-state index contributed by atoms with van der Waals surface area (Å²) in [6.07, 6.45) is 12.4. The van der Waals surface area contributed by atoms with Gasteiger partial charge >= 0.3 is 0 Å². The van der Waals surface area contributed by atoms with Gasteiger partial charge in [-0.25, -0.2) is 0 Å². The van der Waals surface area contributed by atoms with Crippen molar-refractivity contribution in [1.29, 1.82) is 0 Å². The van der Waals surface area contributed by atoms with Crippen LogP contribution in [-0.4, -0.2) is 27.5 Å². The van der Waals surface area contributed by atoms with E-state index in [1.54, 1.807) is 0 Å². The molecule has 0 aliphatic heterocycles. The van der Waals surface area contributed by atoms with Crippen LogP contribution in [0.25, 0.3) is 0 Å². The Balaban J connectivity index is 1.67. The van der Waals surface area contributed by atoms with E-state index in [0.717, 1.165) is 57.8 Å². The summed E-state index contributed by atoms with van der Waals surface area (Å²) in [7, 11) is 0. The van der Waals surface area contributed by atoms with Crippen molar-refractivity contribution in [2.24, 2.45) is 22.7 Å². The fourth-order valence-electron chi connectivity index (χ4n) is 7.72. The summed E-state index contributed by atoms with van der Waals surface area (Å²) in [4.78, 5) is 0. The van der Waals surface area contributed by atoms with E-state index in [9.17, 15) is 15.3 Å². The first-order chi connectivity index (χ1) is 14.3. The van der Waals surface area contributed by atoms with Crippen LogP contribution in [0.4, 0.5) is 0 Å². The minimum atomic E-state index is -0.209. The Hall–Kier alpha value is -1.32. The molecular formula is C27H40O3. The van der Waals surface area contributed by atoms with Crippen LogP contribution in [0.15, 0.2) is 30.9 Å². The number of fused-ring (bicyclic) bond motifs is 5. The van der Waals surface area contributed by atoms with E-state index in [4.69, 9.17) is 0 Å². The predicted octanol–water partition coefficient (Wildman–Crippen LogP) is 5.72. The fraction of sp³-hybridized carbons (Fsp3) is 0.704. The Morgan fingerprint density at radius 2 is 2.03 bits per heavy atom. The van der Waals surface area contributed by atoms with Gasteiger partial charge in [0.2, 0.25) is 0 Å². The molecule has 0 heterocycles. The van der Waals surface area contributed by atoms with Gasteiger partial charge in [-0.2, -0.15) is 0 Å². The number of benzene rings is 1. The summed E-state index contributed by atoms with van der Waals surface area (Å²) in [6.45, 7) is 8.58. The van der Waals surface area contributed by atoms with Gasteiger partial charge in [0.15, 0.2) is 0 Å². The normalized spacial score (nSPS) is 38.4. The van der Waals surface area contributed by atoms with E-state index < -0.39 is 0 Å². The number of unbranched alkanes of at least 4 members (excludes halogenated alkanes) is 2. The molecule has 3 heteroatoms. The molecule has 7 atom stereocenters. The van der Waals surface area contributed by atoms with Gasteiger partial charge in [0.25, 0.3) is 0 Å². The van der Waals surface area contributed by atoms with Crippen molar-refractivity contribution in [2.75, 3.05) is 0 Å². The van der Waals surface area contributed by atoms with Crippen molar-refractivity contribution >= 4 is 0 Å². The Labute approximate surface area is 182 Å². The standard InChI is InChI=1S/C27H40O3/c1-4-27-15-14-19-16-21(29)10-11-22(19)25(27)20(9-7-5-6-8-18(2)28)17-26(3)23(27)12-13-24(26)30/h4,10-11,16,18,20,23-25,28-30H,1,5-9,12-15,17H2,2-3H3/t18-,20+,23-,24+,25-,26+,27-/m1/s1. The fourth-order valence-corrected chi connectivity index (χ4v) is 7.72. The summed E-state index contributed by atoms with van der Waals surface area (Å²) in [5.74, 6) is 1.80. The molecule has 0 spiro atoms. The molecule has 1 aromatic carbocycles. The number of aliphatic hydroxyl groups excluding tert-OH is 2. The summed E-state index contributed by atoms with van der Waals surface area (Å²) in [5, 5.41) is 30.6. The highest BCUT2D eigenvalue weighted by Gasteiger charge is 2.63. The second-order valence-electron chi connectivity index (χ2n) is 10.8. The maximum Gasteiger partial charge on any atom is 0.115 e. The highest BCUT2D eigenvalue weighted by Crippen LogP contribution is 2.69. The van der Waals surface area contributed by atoms with Gasteiger partial charge in [0.05, 0.1) is 12.2 Å². The lowest BCUT2D eigenvalue weighted by Crippen LogP contribution is -2.54. The number of phenolic OH excluding ortho intramolecular Hbond substituents is 1. The molecule has 0 saturated heterocycles. The van der Waals surface area contributed by atoms with E-state index in [1.807, 2.05) is 19.1 Å². The smallest absolute Gasteiger partial charge is 0.115 e. The monoisotopic (exact) mass is 412 g/mol. The molecule has 3 nitrogen and oxygen atoms in total. The first-order valence-electron chi connectivity index (χ1n) is 12.1. The summed E-state index contributed by atoms with van der Waals surface area (Å²) < 4.78 is 0. The number of hydrogen-bond donors (Lipinski definition) is 3. The van der Waals surface area contributed by atoms with Crippen LogP contribution < -0.4 is 0 Å². The molecule has 4 rings (SSSR count). The molecule has 2 fully saturated rings. The van der Waals surface area contributed by atoms with Gasteiger partial charge in [0.1, 0.15) is 5.75 Å². The molecule has 3 aliphatic carbocycles. The highest BCUT2D eigenvalue weighted by atomic mass is 16.3. The van der Waals surface area contributed by atoms with Crippen molar-refractivity contribution in [3.8, 4) is 5.75 Å². The molecule has 0 amide bonds. The summed E-state index contributed by atoms with van der Waals surface area (Å²) in [5.41, 5.74) is 2.73. The number of rotatable bonds is 7. The van der Waals surface area contributed by atoms with Gasteiger partial charge in [-0.05, 0) is 104 Å². The molecular weight excluding hydrogens is 372 g/mol. The van der Waals surface area contributed by atoms with Gasteiger partial charge in [0, 0.05) is 0 Å². The third kappa shape index (κ3) is 3.52. The minimum absolute atomic E-state index is 0.0244. The summed E-state index contributed by atoms with van der Waals surface area (Å²) in [6, 6.07) is 6.00. The van der Waals surface area contributed by atoms with Crippen LogP contribution in [0.1, 0.15) is 88.7 Å². The van der Waals surface area contributed by atoms with E-state index in [2.05, 4.69) is 25.6 Å². The zero-order valence-electron chi connectivity index (χ0n) is 18.8. The molecule has 3 N–H and O–H groups in total. The lowest BCUT2D eigenvalue weighted by molar-refractivity contribution is -0.0812. The Bertz CT molecular complexity index is 771. The van der Waals surface area contributed by atoms with Gasteiger partial charge in [-0.1, -0.05) is 38.3 Å². The number of aliphatic hydroxyl groups is 2. The highest BCUT2D eigenvalue weighted by molar-refractivity contribution is 5.43. The van der Waals surface area contributed by atoms with Crippen LogP contribution >= 0.6 is 0 Å². The van der Waals surface area contributed by atoms with Crippen molar-refractivity contribution in [3.05, 3.63) is 42.0 Å². The van der Waals surface area contributed by atoms with Crippen LogP contribution in [-0.2, 0) is 6.42 Å². The SMILES string of the molecule is C=C[C@]12CCc3cc(O)ccc3[C@H]1[C@@H](CCCCC[C@@H](C)O)C[C@@]1(C)[C@H]2CC[C@@H]1O. The molecule has 166 valence electrons. The van der Waals surface area contributed by atoms with E-state index in [0.29, 0.717) is 23.5 Å². The maximum atomic E-state index is 11.0. The molecule has 0 aromatic heterocycles. The number of aryl methyl sites for hydroxylation is 1. The zero-order valence-corrected chi connectivity index (χ0v) is 18.8. The van der Waals surface area contributed by atoms with Crippen LogP contribution in [0, 0.1) is 22.7 Å². The zero-order chi connectivity index (χ0) is 21.5. The van der Waals surface area contributed by atoms with Gasteiger partial charge < -0.3 is 15.3 Å². The third-order valence-electron chi connectivity index (χ3n) is 9.05. The van der Waals surface area contributed by atoms with Crippen molar-refractivity contribution in [2.45, 2.75) is 96.2 Å². The largest absolute Gasteiger partial charge is 0.508 e.